The van der Waals surface area contributed by atoms with Gasteiger partial charge in [0, 0.05) is 16.0 Å². The van der Waals surface area contributed by atoms with Gasteiger partial charge in [0.05, 0.1) is 5.69 Å². The number of nitrogens with zero attached hydrogens (tertiary/aromatic N) is 1. The summed E-state index contributed by atoms with van der Waals surface area (Å²) in [6, 6.07) is 6.36. The largest absolute Gasteiger partial charge is 0.321 e. The Morgan fingerprint density at radius 2 is 1.82 bits per heavy atom. The number of nitrogens with two attached hydrogens (primary N) is 1. The summed E-state index contributed by atoms with van der Waals surface area (Å²) in [5.74, 6) is -0.235. The average molecular weight is 250 g/mol. The lowest BCUT2D eigenvalue weighted by Crippen LogP contribution is -2.28. The molecule has 0 bridgehead atoms. The maximum Gasteiger partial charge on any atom is 0.123 e. The Hall–Kier alpha value is -1.26. The van der Waals surface area contributed by atoms with Crippen LogP contribution in [0, 0.1) is 12.7 Å². The molecule has 17 heavy (non-hydrogen) atoms. The van der Waals surface area contributed by atoms with E-state index < -0.39 is 0 Å². The van der Waals surface area contributed by atoms with Gasteiger partial charge in [-0.05, 0) is 45.0 Å². The van der Waals surface area contributed by atoms with Gasteiger partial charge in [0.1, 0.15) is 10.8 Å². The summed E-state index contributed by atoms with van der Waals surface area (Å²) in [5.41, 5.74) is 7.57. The molecule has 0 radical (unpaired) electrons. The molecule has 90 valence electrons. The van der Waals surface area contributed by atoms with Crippen molar-refractivity contribution < 1.29 is 4.39 Å². The number of rotatable bonds is 2. The maximum atomic E-state index is 12.8. The first-order chi connectivity index (χ1) is 7.88. The Bertz CT molecular complexity index is 523. The van der Waals surface area contributed by atoms with E-state index in [1.165, 1.54) is 12.1 Å². The minimum absolute atomic E-state index is 0.235. The number of benzene rings is 1. The minimum atomic E-state index is -0.389. The quantitative estimate of drug-likeness (QED) is 0.886. The number of halogens is 1. The summed E-state index contributed by atoms with van der Waals surface area (Å²) in [5, 5.41) is 0.885. The Balaban J connectivity index is 2.45. The number of hydrogen-bond donors (Lipinski definition) is 1. The zero-order chi connectivity index (χ0) is 12.6. The maximum absolute atomic E-state index is 12.8. The van der Waals surface area contributed by atoms with Gasteiger partial charge in [0.2, 0.25) is 0 Å². The van der Waals surface area contributed by atoms with Gasteiger partial charge in [-0.3, -0.25) is 0 Å². The molecule has 0 saturated heterocycles. The van der Waals surface area contributed by atoms with Crippen molar-refractivity contribution in [1.29, 1.82) is 0 Å². The van der Waals surface area contributed by atoms with Gasteiger partial charge in [-0.1, -0.05) is 0 Å². The topological polar surface area (TPSA) is 38.9 Å². The van der Waals surface area contributed by atoms with Crippen LogP contribution < -0.4 is 5.73 Å². The van der Waals surface area contributed by atoms with Crippen molar-refractivity contribution in [3.05, 3.63) is 40.7 Å². The Labute approximate surface area is 104 Å². The normalized spacial score (nSPS) is 11.8. The van der Waals surface area contributed by atoms with Crippen LogP contribution in [0.2, 0.25) is 0 Å². The molecule has 0 aliphatic rings. The second-order valence-corrected chi connectivity index (χ2v) is 5.66. The van der Waals surface area contributed by atoms with Crippen LogP contribution in [0.1, 0.15) is 24.4 Å². The van der Waals surface area contributed by atoms with Crippen LogP contribution in [-0.4, -0.2) is 4.98 Å². The molecule has 2 nitrogen and oxygen atoms in total. The molecule has 0 aliphatic heterocycles. The molecule has 2 aromatic rings. The molecule has 1 aromatic heterocycles. The molecule has 0 spiro atoms. The molecule has 0 aliphatic carbocycles. The van der Waals surface area contributed by atoms with Crippen LogP contribution in [0.15, 0.2) is 24.3 Å². The van der Waals surface area contributed by atoms with Crippen LogP contribution in [-0.2, 0) is 5.54 Å². The fraction of sp³-hybridized carbons (Fsp3) is 0.308. The molecule has 0 unspecified atom stereocenters. The monoisotopic (exact) mass is 250 g/mol. The van der Waals surface area contributed by atoms with E-state index in [4.69, 9.17) is 5.73 Å². The van der Waals surface area contributed by atoms with E-state index in [1.807, 2.05) is 20.8 Å². The molecule has 2 N–H and O–H groups in total. The molecule has 1 heterocycles. The molecule has 0 amide bonds. The Morgan fingerprint density at radius 1 is 1.24 bits per heavy atom. The third-order valence-electron chi connectivity index (χ3n) is 2.47. The SMILES string of the molecule is Cc1nc(-c2ccc(F)cc2)sc1C(C)(C)N. The molecule has 2 rings (SSSR count). The number of hydrogen-bond acceptors (Lipinski definition) is 3. The van der Waals surface area contributed by atoms with Crippen molar-refractivity contribution in [3.63, 3.8) is 0 Å². The lowest BCUT2D eigenvalue weighted by atomic mass is 10.0. The summed E-state index contributed by atoms with van der Waals surface area (Å²) in [6.45, 7) is 5.87. The van der Waals surface area contributed by atoms with Crippen molar-refractivity contribution >= 4 is 11.3 Å². The van der Waals surface area contributed by atoms with E-state index in [-0.39, 0.29) is 11.4 Å². The molecule has 0 saturated carbocycles. The highest BCUT2D eigenvalue weighted by molar-refractivity contribution is 7.15. The summed E-state index contributed by atoms with van der Waals surface area (Å²) >= 11 is 1.57. The second kappa shape index (κ2) is 4.20. The highest BCUT2D eigenvalue weighted by Gasteiger charge is 2.21. The summed E-state index contributed by atoms with van der Waals surface area (Å²) < 4.78 is 12.8. The van der Waals surface area contributed by atoms with Gasteiger partial charge in [0.15, 0.2) is 0 Å². The third kappa shape index (κ3) is 2.53. The van der Waals surface area contributed by atoms with E-state index in [0.717, 1.165) is 21.1 Å². The first kappa shape index (κ1) is 12.2. The summed E-state index contributed by atoms with van der Waals surface area (Å²) in [7, 11) is 0. The fourth-order valence-corrected chi connectivity index (χ4v) is 2.80. The molecule has 4 heteroatoms. The Morgan fingerprint density at radius 3 is 2.29 bits per heavy atom. The van der Waals surface area contributed by atoms with E-state index >= 15 is 0 Å². The predicted molar refractivity (Wildman–Crippen MR) is 69.5 cm³/mol. The smallest absolute Gasteiger partial charge is 0.123 e. The molecular formula is C13H15FN2S. The minimum Gasteiger partial charge on any atom is -0.321 e. The van der Waals surface area contributed by atoms with Crippen molar-refractivity contribution in [1.82, 2.24) is 4.98 Å². The third-order valence-corrected chi connectivity index (χ3v) is 4.02. The number of aromatic nitrogens is 1. The lowest BCUT2D eigenvalue weighted by Gasteiger charge is -2.16. The molecule has 0 atom stereocenters. The standard InChI is InChI=1S/C13H15FN2S/c1-8-11(13(2,3)15)17-12(16-8)9-4-6-10(14)7-5-9/h4-7H,15H2,1-3H3. The Kier molecular flexibility index (Phi) is 3.02. The van der Waals surface area contributed by atoms with E-state index in [2.05, 4.69) is 4.98 Å². The van der Waals surface area contributed by atoms with Crippen molar-refractivity contribution in [2.75, 3.05) is 0 Å². The van der Waals surface area contributed by atoms with Crippen LogP contribution in [0.3, 0.4) is 0 Å². The van der Waals surface area contributed by atoms with Crippen molar-refractivity contribution in [3.8, 4) is 10.6 Å². The van der Waals surface area contributed by atoms with Crippen molar-refractivity contribution in [2.24, 2.45) is 5.73 Å². The predicted octanol–water partition coefficient (Wildman–Crippen LogP) is 3.45. The average Bonchev–Trinajstić information content (AvgIpc) is 2.61. The highest BCUT2D eigenvalue weighted by Crippen LogP contribution is 2.33. The van der Waals surface area contributed by atoms with Gasteiger partial charge in [-0.25, -0.2) is 9.37 Å². The van der Waals surface area contributed by atoms with Gasteiger partial charge >= 0.3 is 0 Å². The van der Waals surface area contributed by atoms with Crippen LogP contribution in [0.25, 0.3) is 10.6 Å². The highest BCUT2D eigenvalue weighted by atomic mass is 32.1. The van der Waals surface area contributed by atoms with E-state index in [0.29, 0.717) is 0 Å². The summed E-state index contributed by atoms with van der Waals surface area (Å²) in [4.78, 5) is 5.56. The second-order valence-electron chi connectivity index (χ2n) is 4.66. The van der Waals surface area contributed by atoms with Gasteiger partial charge in [-0.2, -0.15) is 0 Å². The zero-order valence-corrected chi connectivity index (χ0v) is 10.9. The van der Waals surface area contributed by atoms with Crippen molar-refractivity contribution in [2.45, 2.75) is 26.3 Å². The number of aryl methyl sites for hydroxylation is 1. The van der Waals surface area contributed by atoms with E-state index in [9.17, 15) is 4.39 Å². The number of thiazole rings is 1. The zero-order valence-electron chi connectivity index (χ0n) is 10.1. The van der Waals surface area contributed by atoms with Gasteiger partial charge in [0.25, 0.3) is 0 Å². The van der Waals surface area contributed by atoms with E-state index in [1.54, 1.807) is 23.5 Å². The van der Waals surface area contributed by atoms with Crippen LogP contribution in [0.4, 0.5) is 4.39 Å². The van der Waals surface area contributed by atoms with Gasteiger partial charge < -0.3 is 5.73 Å². The first-order valence-corrected chi connectivity index (χ1v) is 6.22. The molecular weight excluding hydrogens is 235 g/mol. The summed E-state index contributed by atoms with van der Waals surface area (Å²) in [6.07, 6.45) is 0. The van der Waals surface area contributed by atoms with Crippen LogP contribution in [0.5, 0.6) is 0 Å². The first-order valence-electron chi connectivity index (χ1n) is 5.40. The molecule has 1 aromatic carbocycles. The lowest BCUT2D eigenvalue weighted by molar-refractivity contribution is 0.562. The van der Waals surface area contributed by atoms with Crippen LogP contribution >= 0.6 is 11.3 Å². The fourth-order valence-electron chi connectivity index (χ4n) is 1.71. The molecule has 0 fully saturated rings. The van der Waals surface area contributed by atoms with Gasteiger partial charge in [-0.15, -0.1) is 11.3 Å².